The summed E-state index contributed by atoms with van der Waals surface area (Å²) in [5.74, 6) is 1.99. The molecule has 0 spiro atoms. The molecular formula is C17H21NO2S. The van der Waals surface area contributed by atoms with E-state index < -0.39 is 0 Å². The van der Waals surface area contributed by atoms with Crippen molar-refractivity contribution in [3.05, 3.63) is 45.6 Å². The number of benzene rings is 1. The molecule has 2 aromatic rings. The summed E-state index contributed by atoms with van der Waals surface area (Å²) in [6, 6.07) is 6.42. The first-order valence-electron chi connectivity index (χ1n) is 7.43. The monoisotopic (exact) mass is 303 g/mol. The van der Waals surface area contributed by atoms with Gasteiger partial charge in [0.15, 0.2) is 0 Å². The van der Waals surface area contributed by atoms with E-state index in [2.05, 4.69) is 41.2 Å². The van der Waals surface area contributed by atoms with Crippen molar-refractivity contribution in [2.24, 2.45) is 0 Å². The molecule has 4 heteroatoms. The molecule has 1 aromatic heterocycles. The molecule has 2 heterocycles. The SMILES string of the molecule is CCOc1cc2c(cc1CNCc1ccsc1)OC(C)C2. The van der Waals surface area contributed by atoms with Crippen LogP contribution in [0.3, 0.4) is 0 Å². The minimum Gasteiger partial charge on any atom is -0.494 e. The van der Waals surface area contributed by atoms with Crippen LogP contribution in [0.2, 0.25) is 0 Å². The van der Waals surface area contributed by atoms with Gasteiger partial charge < -0.3 is 14.8 Å². The summed E-state index contributed by atoms with van der Waals surface area (Å²) in [6.07, 6.45) is 1.24. The predicted octanol–water partition coefficient (Wildman–Crippen LogP) is 3.76. The van der Waals surface area contributed by atoms with Gasteiger partial charge in [-0.1, -0.05) is 0 Å². The zero-order valence-electron chi connectivity index (χ0n) is 12.5. The third-order valence-electron chi connectivity index (χ3n) is 3.60. The lowest BCUT2D eigenvalue weighted by molar-refractivity contribution is 0.254. The lowest BCUT2D eigenvalue weighted by Crippen LogP contribution is -2.13. The van der Waals surface area contributed by atoms with Crippen LogP contribution in [0.4, 0.5) is 0 Å². The minimum atomic E-state index is 0.267. The van der Waals surface area contributed by atoms with Gasteiger partial charge in [0, 0.05) is 30.6 Å². The number of fused-ring (bicyclic) bond motifs is 1. The third-order valence-corrected chi connectivity index (χ3v) is 4.34. The van der Waals surface area contributed by atoms with Crippen molar-refractivity contribution in [2.45, 2.75) is 39.5 Å². The zero-order valence-corrected chi connectivity index (χ0v) is 13.3. The Hall–Kier alpha value is -1.52. The van der Waals surface area contributed by atoms with Crippen molar-refractivity contribution in [3.63, 3.8) is 0 Å². The molecule has 0 fully saturated rings. The van der Waals surface area contributed by atoms with Crippen LogP contribution in [0.5, 0.6) is 11.5 Å². The van der Waals surface area contributed by atoms with Crippen molar-refractivity contribution >= 4 is 11.3 Å². The second kappa shape index (κ2) is 6.50. The van der Waals surface area contributed by atoms with Crippen LogP contribution >= 0.6 is 11.3 Å². The Labute approximate surface area is 129 Å². The quantitative estimate of drug-likeness (QED) is 0.881. The second-order valence-corrected chi connectivity index (χ2v) is 6.15. The van der Waals surface area contributed by atoms with E-state index in [4.69, 9.17) is 9.47 Å². The van der Waals surface area contributed by atoms with Gasteiger partial charge in [-0.25, -0.2) is 0 Å². The fraction of sp³-hybridized carbons (Fsp3) is 0.412. The zero-order chi connectivity index (χ0) is 14.7. The van der Waals surface area contributed by atoms with E-state index in [0.717, 1.165) is 31.0 Å². The molecule has 0 amide bonds. The van der Waals surface area contributed by atoms with E-state index in [0.29, 0.717) is 6.61 Å². The lowest BCUT2D eigenvalue weighted by atomic mass is 10.1. The molecule has 1 aliphatic heterocycles. The number of thiophene rings is 1. The molecule has 0 aliphatic carbocycles. The summed E-state index contributed by atoms with van der Waals surface area (Å²) < 4.78 is 11.6. The van der Waals surface area contributed by atoms with Crippen molar-refractivity contribution in [2.75, 3.05) is 6.61 Å². The summed E-state index contributed by atoms with van der Waals surface area (Å²) in [5, 5.41) is 7.75. The molecule has 1 aliphatic rings. The van der Waals surface area contributed by atoms with Gasteiger partial charge in [-0.2, -0.15) is 11.3 Å². The smallest absolute Gasteiger partial charge is 0.124 e. The standard InChI is InChI=1S/C17H21NO2S/c1-3-19-16-7-14-6-12(2)20-17(14)8-15(16)10-18-9-13-4-5-21-11-13/h4-5,7-8,11-12,18H,3,6,9-10H2,1-2H3. The number of rotatable bonds is 6. The van der Waals surface area contributed by atoms with Gasteiger partial charge >= 0.3 is 0 Å². The Morgan fingerprint density at radius 1 is 1.38 bits per heavy atom. The van der Waals surface area contributed by atoms with Crippen molar-refractivity contribution in [1.82, 2.24) is 5.32 Å². The second-order valence-electron chi connectivity index (χ2n) is 5.37. The van der Waals surface area contributed by atoms with Crippen molar-refractivity contribution in [1.29, 1.82) is 0 Å². The molecule has 0 radical (unpaired) electrons. The minimum absolute atomic E-state index is 0.267. The number of ether oxygens (including phenoxy) is 2. The maximum atomic E-state index is 5.85. The lowest BCUT2D eigenvalue weighted by Gasteiger charge is -2.13. The molecule has 1 atom stereocenters. The highest BCUT2D eigenvalue weighted by Gasteiger charge is 2.21. The van der Waals surface area contributed by atoms with Crippen LogP contribution < -0.4 is 14.8 Å². The van der Waals surface area contributed by atoms with Crippen molar-refractivity contribution in [3.8, 4) is 11.5 Å². The van der Waals surface area contributed by atoms with Crippen molar-refractivity contribution < 1.29 is 9.47 Å². The fourth-order valence-corrected chi connectivity index (χ4v) is 3.31. The molecule has 0 saturated carbocycles. The Bertz CT molecular complexity index is 595. The highest BCUT2D eigenvalue weighted by atomic mass is 32.1. The van der Waals surface area contributed by atoms with Crippen LogP contribution in [0.15, 0.2) is 29.0 Å². The van der Waals surface area contributed by atoms with Gasteiger partial charge in [0.1, 0.15) is 17.6 Å². The van der Waals surface area contributed by atoms with E-state index in [1.807, 2.05) is 6.92 Å². The van der Waals surface area contributed by atoms with Crippen LogP contribution in [0, 0.1) is 0 Å². The highest BCUT2D eigenvalue weighted by Crippen LogP contribution is 2.35. The van der Waals surface area contributed by atoms with Gasteiger partial charge in [-0.3, -0.25) is 0 Å². The highest BCUT2D eigenvalue weighted by molar-refractivity contribution is 7.07. The van der Waals surface area contributed by atoms with Gasteiger partial charge in [0.05, 0.1) is 6.61 Å². The molecular weight excluding hydrogens is 282 g/mol. The summed E-state index contributed by atoms with van der Waals surface area (Å²) in [5.41, 5.74) is 3.75. The summed E-state index contributed by atoms with van der Waals surface area (Å²) in [6.45, 7) is 6.48. The Kier molecular flexibility index (Phi) is 4.46. The molecule has 3 rings (SSSR count). The van der Waals surface area contributed by atoms with Gasteiger partial charge in [-0.15, -0.1) is 0 Å². The van der Waals surface area contributed by atoms with Gasteiger partial charge in [0.2, 0.25) is 0 Å². The molecule has 0 bridgehead atoms. The molecule has 3 nitrogen and oxygen atoms in total. The molecule has 0 saturated heterocycles. The van der Waals surface area contributed by atoms with Crippen LogP contribution in [-0.4, -0.2) is 12.7 Å². The first-order valence-corrected chi connectivity index (χ1v) is 8.37. The topological polar surface area (TPSA) is 30.5 Å². The molecule has 1 aromatic carbocycles. The molecule has 112 valence electrons. The van der Waals surface area contributed by atoms with Gasteiger partial charge in [-0.05, 0) is 48.4 Å². The van der Waals surface area contributed by atoms with Gasteiger partial charge in [0.25, 0.3) is 0 Å². The average molecular weight is 303 g/mol. The van der Waals surface area contributed by atoms with E-state index in [1.165, 1.54) is 16.7 Å². The number of hydrogen-bond donors (Lipinski definition) is 1. The normalized spacial score (nSPS) is 16.6. The largest absolute Gasteiger partial charge is 0.494 e. The van der Waals surface area contributed by atoms with E-state index in [9.17, 15) is 0 Å². The maximum absolute atomic E-state index is 5.85. The predicted molar refractivity (Wildman–Crippen MR) is 86.3 cm³/mol. The molecule has 1 unspecified atom stereocenters. The van der Waals surface area contributed by atoms with E-state index >= 15 is 0 Å². The first kappa shape index (κ1) is 14.4. The summed E-state index contributed by atoms with van der Waals surface area (Å²) in [7, 11) is 0. The third kappa shape index (κ3) is 3.39. The fourth-order valence-electron chi connectivity index (χ4n) is 2.64. The molecule has 1 N–H and O–H groups in total. The Balaban J connectivity index is 1.72. The average Bonchev–Trinajstić information content (AvgIpc) is 3.07. The number of nitrogens with one attached hydrogen (secondary N) is 1. The summed E-state index contributed by atoms with van der Waals surface area (Å²) in [4.78, 5) is 0. The number of hydrogen-bond acceptors (Lipinski definition) is 4. The van der Waals surface area contributed by atoms with Crippen LogP contribution in [0.1, 0.15) is 30.5 Å². The van der Waals surface area contributed by atoms with Crippen LogP contribution in [-0.2, 0) is 19.5 Å². The molecule has 21 heavy (non-hydrogen) atoms. The van der Waals surface area contributed by atoms with Crippen LogP contribution in [0.25, 0.3) is 0 Å². The van der Waals surface area contributed by atoms with E-state index in [1.54, 1.807) is 11.3 Å². The van der Waals surface area contributed by atoms with E-state index in [-0.39, 0.29) is 6.10 Å². The maximum Gasteiger partial charge on any atom is 0.124 e. The summed E-state index contributed by atoms with van der Waals surface area (Å²) >= 11 is 1.73. The first-order chi connectivity index (χ1) is 10.3. The Morgan fingerprint density at radius 2 is 2.29 bits per heavy atom. The Morgan fingerprint density at radius 3 is 3.05 bits per heavy atom.